The number of unbranched alkanes of at least 4 members (excludes halogenated alkanes) is 2. The number of thiazole rings is 1. The molecular weight excluding hydrogens is 260 g/mol. The van der Waals surface area contributed by atoms with E-state index in [1.807, 2.05) is 12.3 Å². The molecule has 0 aliphatic heterocycles. The van der Waals surface area contributed by atoms with Crippen molar-refractivity contribution >= 4 is 34.8 Å². The minimum Gasteiger partial charge on any atom is -0.466 e. The van der Waals surface area contributed by atoms with E-state index in [0.717, 1.165) is 31.4 Å². The molecule has 0 unspecified atom stereocenters. The second kappa shape index (κ2) is 9.24. The number of carbonyl (C=O) groups excluding carboxylic acids is 1. The average Bonchev–Trinajstić information content (AvgIpc) is 2.64. The van der Waals surface area contributed by atoms with Gasteiger partial charge in [0.05, 0.1) is 12.3 Å². The summed E-state index contributed by atoms with van der Waals surface area (Å²) >= 11 is 1.47. The van der Waals surface area contributed by atoms with E-state index in [-0.39, 0.29) is 18.4 Å². The highest BCUT2D eigenvalue weighted by Crippen LogP contribution is 2.14. The highest BCUT2D eigenvalue weighted by molar-refractivity contribution is 7.13. The summed E-state index contributed by atoms with van der Waals surface area (Å²) in [5.74, 6) is -0.0968. The molecule has 1 aromatic heterocycles. The molecule has 0 aromatic carbocycles. The Morgan fingerprint density at radius 2 is 2.24 bits per heavy atom. The second-order valence-electron chi connectivity index (χ2n) is 3.54. The van der Waals surface area contributed by atoms with Crippen LogP contribution in [0.15, 0.2) is 5.38 Å². The van der Waals surface area contributed by atoms with Crippen molar-refractivity contribution in [2.45, 2.75) is 39.0 Å². The van der Waals surface area contributed by atoms with Crippen LogP contribution in [0.5, 0.6) is 0 Å². The van der Waals surface area contributed by atoms with E-state index in [9.17, 15) is 4.79 Å². The number of nitrogen functional groups attached to an aromatic ring is 1. The van der Waals surface area contributed by atoms with Crippen LogP contribution in [0.25, 0.3) is 0 Å². The Hall–Kier alpha value is -0.810. The zero-order chi connectivity index (χ0) is 11.8. The molecule has 0 aliphatic carbocycles. The molecule has 0 aliphatic rings. The van der Waals surface area contributed by atoms with Gasteiger partial charge in [0.2, 0.25) is 0 Å². The van der Waals surface area contributed by atoms with E-state index in [1.165, 1.54) is 11.3 Å². The quantitative estimate of drug-likeness (QED) is 0.615. The number of esters is 1. The Labute approximate surface area is 112 Å². The molecule has 0 saturated carbocycles. The zero-order valence-electron chi connectivity index (χ0n) is 9.98. The van der Waals surface area contributed by atoms with Gasteiger partial charge in [0.1, 0.15) is 0 Å². The monoisotopic (exact) mass is 278 g/mol. The predicted octanol–water partition coefficient (Wildman–Crippen LogP) is 2.81. The van der Waals surface area contributed by atoms with Crippen molar-refractivity contribution in [3.8, 4) is 0 Å². The van der Waals surface area contributed by atoms with Gasteiger partial charge in [-0.2, -0.15) is 0 Å². The molecule has 98 valence electrons. The van der Waals surface area contributed by atoms with Crippen molar-refractivity contribution in [1.29, 1.82) is 0 Å². The number of rotatable bonds is 7. The fraction of sp³-hybridized carbons (Fsp3) is 0.636. The Morgan fingerprint density at radius 1 is 1.47 bits per heavy atom. The van der Waals surface area contributed by atoms with Crippen molar-refractivity contribution in [1.82, 2.24) is 4.98 Å². The van der Waals surface area contributed by atoms with Crippen molar-refractivity contribution in [3.63, 3.8) is 0 Å². The summed E-state index contributed by atoms with van der Waals surface area (Å²) in [7, 11) is 0. The summed E-state index contributed by atoms with van der Waals surface area (Å²) in [5, 5.41) is 2.61. The van der Waals surface area contributed by atoms with E-state index in [4.69, 9.17) is 10.5 Å². The van der Waals surface area contributed by atoms with Gasteiger partial charge in [0.15, 0.2) is 5.13 Å². The van der Waals surface area contributed by atoms with Crippen LogP contribution in [-0.4, -0.2) is 17.6 Å². The van der Waals surface area contributed by atoms with Gasteiger partial charge in [-0.05, 0) is 26.2 Å². The first-order valence-corrected chi connectivity index (χ1v) is 6.46. The average molecular weight is 279 g/mol. The third-order valence-corrected chi connectivity index (χ3v) is 2.91. The van der Waals surface area contributed by atoms with Gasteiger partial charge in [0, 0.05) is 11.8 Å². The summed E-state index contributed by atoms with van der Waals surface area (Å²) in [6, 6.07) is 0. The first-order valence-electron chi connectivity index (χ1n) is 5.58. The molecule has 0 amide bonds. The third-order valence-electron chi connectivity index (χ3n) is 2.19. The van der Waals surface area contributed by atoms with Gasteiger partial charge in [0.25, 0.3) is 0 Å². The summed E-state index contributed by atoms with van der Waals surface area (Å²) < 4.78 is 4.84. The molecule has 0 radical (unpaired) electrons. The first kappa shape index (κ1) is 16.2. The van der Waals surface area contributed by atoms with Crippen LogP contribution in [0.1, 0.15) is 38.3 Å². The molecule has 6 heteroatoms. The molecule has 2 N–H and O–H groups in total. The molecular formula is C11H19ClN2O2S. The van der Waals surface area contributed by atoms with E-state index in [1.54, 1.807) is 0 Å². The summed E-state index contributed by atoms with van der Waals surface area (Å²) in [4.78, 5) is 15.2. The maximum Gasteiger partial charge on any atom is 0.305 e. The standard InChI is InChI=1S/C11H18N2O2S.ClH/c1-2-15-10(14)7-5-3-4-6-9-8-16-11(12)13-9;/h8H,2-7H2,1H3,(H2,12,13);1H. The van der Waals surface area contributed by atoms with E-state index < -0.39 is 0 Å². The number of aromatic nitrogens is 1. The highest BCUT2D eigenvalue weighted by atomic mass is 35.5. The normalized spacial score (nSPS) is 9.71. The molecule has 0 atom stereocenters. The molecule has 1 rings (SSSR count). The number of hydrogen-bond donors (Lipinski definition) is 1. The molecule has 4 nitrogen and oxygen atoms in total. The van der Waals surface area contributed by atoms with E-state index in [0.29, 0.717) is 18.2 Å². The largest absolute Gasteiger partial charge is 0.466 e. The number of halogens is 1. The molecule has 1 heterocycles. The maximum absolute atomic E-state index is 11.0. The fourth-order valence-corrected chi connectivity index (χ4v) is 2.02. The van der Waals surface area contributed by atoms with Crippen LogP contribution >= 0.6 is 23.7 Å². The van der Waals surface area contributed by atoms with Crippen molar-refractivity contribution < 1.29 is 9.53 Å². The van der Waals surface area contributed by atoms with Crippen LogP contribution in [0.4, 0.5) is 5.13 Å². The smallest absolute Gasteiger partial charge is 0.305 e. The minimum atomic E-state index is -0.0968. The number of hydrogen-bond acceptors (Lipinski definition) is 5. The Morgan fingerprint density at radius 3 is 2.82 bits per heavy atom. The van der Waals surface area contributed by atoms with Crippen molar-refractivity contribution in [2.75, 3.05) is 12.3 Å². The molecule has 0 spiro atoms. The molecule has 17 heavy (non-hydrogen) atoms. The van der Waals surface area contributed by atoms with Gasteiger partial charge in [-0.3, -0.25) is 4.79 Å². The van der Waals surface area contributed by atoms with Gasteiger partial charge in [-0.25, -0.2) is 4.98 Å². The first-order chi connectivity index (χ1) is 7.72. The lowest BCUT2D eigenvalue weighted by molar-refractivity contribution is -0.143. The number of carbonyl (C=O) groups is 1. The van der Waals surface area contributed by atoms with Crippen LogP contribution in [0.2, 0.25) is 0 Å². The number of nitrogens with zero attached hydrogens (tertiary/aromatic N) is 1. The lowest BCUT2D eigenvalue weighted by atomic mass is 10.1. The molecule has 1 aromatic rings. The Kier molecular flexibility index (Phi) is 8.80. The summed E-state index contributed by atoms with van der Waals surface area (Å²) in [5.41, 5.74) is 6.58. The van der Waals surface area contributed by atoms with Crippen LogP contribution < -0.4 is 5.73 Å². The second-order valence-corrected chi connectivity index (χ2v) is 4.43. The van der Waals surface area contributed by atoms with E-state index >= 15 is 0 Å². The van der Waals surface area contributed by atoms with E-state index in [2.05, 4.69) is 4.98 Å². The number of nitrogens with two attached hydrogens (primary N) is 1. The fourth-order valence-electron chi connectivity index (χ4n) is 1.42. The Bertz CT molecular complexity index is 331. The topological polar surface area (TPSA) is 65.2 Å². The van der Waals surface area contributed by atoms with Gasteiger partial charge < -0.3 is 10.5 Å². The summed E-state index contributed by atoms with van der Waals surface area (Å²) in [6.07, 6.45) is 4.42. The van der Waals surface area contributed by atoms with Gasteiger partial charge in [-0.1, -0.05) is 6.42 Å². The molecule has 0 fully saturated rings. The van der Waals surface area contributed by atoms with Crippen LogP contribution in [0.3, 0.4) is 0 Å². The number of ether oxygens (including phenoxy) is 1. The SMILES string of the molecule is CCOC(=O)CCCCCc1csc(N)n1.Cl. The lowest BCUT2D eigenvalue weighted by Crippen LogP contribution is -2.03. The zero-order valence-corrected chi connectivity index (χ0v) is 11.6. The number of anilines is 1. The lowest BCUT2D eigenvalue weighted by Gasteiger charge is -2.01. The molecule has 0 bridgehead atoms. The van der Waals surface area contributed by atoms with Crippen molar-refractivity contribution in [2.24, 2.45) is 0 Å². The number of aryl methyl sites for hydroxylation is 1. The third kappa shape index (κ3) is 7.18. The van der Waals surface area contributed by atoms with Crippen LogP contribution in [-0.2, 0) is 16.0 Å². The minimum absolute atomic E-state index is 0. The van der Waals surface area contributed by atoms with Gasteiger partial charge in [-0.15, -0.1) is 23.7 Å². The van der Waals surface area contributed by atoms with Crippen molar-refractivity contribution in [3.05, 3.63) is 11.1 Å². The predicted molar refractivity (Wildman–Crippen MR) is 72.6 cm³/mol. The van der Waals surface area contributed by atoms with Crippen LogP contribution in [0, 0.1) is 0 Å². The molecule has 0 saturated heterocycles. The summed E-state index contributed by atoms with van der Waals surface area (Å²) in [6.45, 7) is 2.29. The highest BCUT2D eigenvalue weighted by Gasteiger charge is 2.02. The van der Waals surface area contributed by atoms with Gasteiger partial charge >= 0.3 is 5.97 Å². The Balaban J connectivity index is 0.00000256. The maximum atomic E-state index is 11.0.